The lowest BCUT2D eigenvalue weighted by atomic mass is 10.1. The number of alkyl halides is 3. The quantitative estimate of drug-likeness (QED) is 0.314. The first-order chi connectivity index (χ1) is 18.5. The van der Waals surface area contributed by atoms with Crippen LogP contribution in [0.2, 0.25) is 5.02 Å². The first kappa shape index (κ1) is 27.9. The van der Waals surface area contributed by atoms with Gasteiger partial charge in [-0.3, -0.25) is 14.5 Å². The first-order valence-corrected chi connectivity index (χ1v) is 12.2. The van der Waals surface area contributed by atoms with Crippen LogP contribution in [0.15, 0.2) is 54.7 Å². The number of benzene rings is 2. The summed E-state index contributed by atoms with van der Waals surface area (Å²) in [4.78, 5) is 31.3. The van der Waals surface area contributed by atoms with Gasteiger partial charge in [0.1, 0.15) is 11.9 Å². The molecule has 0 unspecified atom stereocenters. The van der Waals surface area contributed by atoms with Crippen LogP contribution in [0.4, 0.5) is 28.9 Å². The average molecular weight is 576 g/mol. The maximum absolute atomic E-state index is 15.1. The number of pyridine rings is 1. The lowest BCUT2D eigenvalue weighted by Gasteiger charge is -2.30. The van der Waals surface area contributed by atoms with Crippen LogP contribution in [0.1, 0.15) is 40.0 Å². The Bertz CT molecular complexity index is 1510. The van der Waals surface area contributed by atoms with E-state index in [-0.39, 0.29) is 48.0 Å². The molecule has 0 aliphatic carbocycles. The normalized spacial score (nSPS) is 14.2. The summed E-state index contributed by atoms with van der Waals surface area (Å²) in [5.74, 6) is -2.13. The molecule has 3 aromatic rings. The zero-order valence-corrected chi connectivity index (χ0v) is 21.5. The lowest BCUT2D eigenvalue weighted by Crippen LogP contribution is -2.44. The van der Waals surface area contributed by atoms with E-state index in [4.69, 9.17) is 29.1 Å². The Morgan fingerprint density at radius 2 is 1.92 bits per heavy atom. The molecule has 1 aromatic heterocycles. The van der Waals surface area contributed by atoms with E-state index in [2.05, 4.69) is 10.3 Å². The van der Waals surface area contributed by atoms with Crippen molar-refractivity contribution in [3.05, 3.63) is 88.0 Å². The van der Waals surface area contributed by atoms with E-state index in [0.29, 0.717) is 16.7 Å². The van der Waals surface area contributed by atoms with Gasteiger partial charge in [0, 0.05) is 30.2 Å². The van der Waals surface area contributed by atoms with Gasteiger partial charge in [-0.05, 0) is 54.5 Å². The Labute approximate surface area is 230 Å². The van der Waals surface area contributed by atoms with Crippen molar-refractivity contribution in [2.24, 2.45) is 0 Å². The van der Waals surface area contributed by atoms with Crippen LogP contribution in [0.5, 0.6) is 0 Å². The molecule has 2 heterocycles. The van der Waals surface area contributed by atoms with E-state index < -0.39 is 35.1 Å². The van der Waals surface area contributed by atoms with Gasteiger partial charge in [-0.2, -0.15) is 18.4 Å². The molecule has 1 saturated heterocycles. The number of nitrogens with zero attached hydrogens (tertiary/aromatic N) is 4. The standard InChI is InChI=1S/C26H18ClF4N5O2S/c27-20-5-2-1-4-15(20)13-34-24(38)18-8-7-16(11-21(18)28)35-9-3-6-23(37)36(25(35)39)17-10-19(26(29,30)31)22(12-32)33-14-17/h1-2,4-5,7-8,10-11,14H,3,6,9,13H2,(H,34,38). The fourth-order valence-corrected chi connectivity index (χ4v) is 4.57. The molecule has 7 nitrogen and oxygen atoms in total. The van der Waals surface area contributed by atoms with Crippen molar-refractivity contribution in [2.75, 3.05) is 16.3 Å². The minimum absolute atomic E-state index is 0.0526. The molecule has 1 fully saturated rings. The lowest BCUT2D eigenvalue weighted by molar-refractivity contribution is -0.138. The number of nitriles is 1. The van der Waals surface area contributed by atoms with Gasteiger partial charge in [-0.25, -0.2) is 9.37 Å². The van der Waals surface area contributed by atoms with Crippen molar-refractivity contribution < 1.29 is 27.2 Å². The number of thiocarbonyl (C=S) groups is 1. The summed E-state index contributed by atoms with van der Waals surface area (Å²) in [5.41, 5.74) is -1.84. The summed E-state index contributed by atoms with van der Waals surface area (Å²) in [6, 6.07) is 12.6. The highest BCUT2D eigenvalue weighted by molar-refractivity contribution is 7.81. The molecule has 1 N–H and O–H groups in total. The second-order valence-corrected chi connectivity index (χ2v) is 9.18. The highest BCUT2D eigenvalue weighted by Gasteiger charge is 2.37. The van der Waals surface area contributed by atoms with Gasteiger partial charge in [0.05, 0.1) is 23.0 Å². The number of carbonyl (C=O) groups excluding carboxylic acids is 2. The van der Waals surface area contributed by atoms with Crippen molar-refractivity contribution in [3.8, 4) is 6.07 Å². The summed E-state index contributed by atoms with van der Waals surface area (Å²) in [6.07, 6.45) is -3.72. The number of rotatable bonds is 5. The molecule has 0 saturated carbocycles. The number of aromatic nitrogens is 1. The maximum atomic E-state index is 15.1. The SMILES string of the molecule is N#Cc1ncc(N2C(=O)CCCN(c3ccc(C(=O)NCc4ccccc4Cl)c(F)c3)C2=S)cc1C(F)(F)F. The minimum atomic E-state index is -4.89. The molecule has 1 aliphatic rings. The predicted molar refractivity (Wildman–Crippen MR) is 140 cm³/mol. The largest absolute Gasteiger partial charge is 0.419 e. The number of carbonyl (C=O) groups is 2. The fraction of sp³-hybridized carbons (Fsp3) is 0.192. The van der Waals surface area contributed by atoms with Crippen LogP contribution in [-0.4, -0.2) is 28.5 Å². The van der Waals surface area contributed by atoms with E-state index >= 15 is 4.39 Å². The first-order valence-electron chi connectivity index (χ1n) is 11.4. The van der Waals surface area contributed by atoms with Crippen molar-refractivity contribution >= 4 is 52.1 Å². The van der Waals surface area contributed by atoms with E-state index in [1.54, 1.807) is 24.3 Å². The van der Waals surface area contributed by atoms with Crippen LogP contribution in [0, 0.1) is 17.1 Å². The number of halogens is 5. The van der Waals surface area contributed by atoms with E-state index in [1.807, 2.05) is 0 Å². The maximum Gasteiger partial charge on any atom is 0.419 e. The van der Waals surface area contributed by atoms with Crippen LogP contribution in [0.3, 0.4) is 0 Å². The van der Waals surface area contributed by atoms with Crippen molar-refractivity contribution in [1.82, 2.24) is 10.3 Å². The summed E-state index contributed by atoms with van der Waals surface area (Å²) >= 11 is 11.5. The summed E-state index contributed by atoms with van der Waals surface area (Å²) in [5, 5.41) is 11.9. The van der Waals surface area contributed by atoms with Crippen LogP contribution < -0.4 is 15.1 Å². The van der Waals surface area contributed by atoms with Gasteiger partial charge >= 0.3 is 6.18 Å². The Morgan fingerprint density at radius 3 is 2.59 bits per heavy atom. The highest BCUT2D eigenvalue weighted by atomic mass is 35.5. The second kappa shape index (κ2) is 11.3. The van der Waals surface area contributed by atoms with Gasteiger partial charge in [0.25, 0.3) is 5.91 Å². The zero-order valence-electron chi connectivity index (χ0n) is 19.9. The van der Waals surface area contributed by atoms with Crippen molar-refractivity contribution in [1.29, 1.82) is 5.26 Å². The number of anilines is 2. The minimum Gasteiger partial charge on any atom is -0.348 e. The molecule has 4 rings (SSSR count). The Morgan fingerprint density at radius 1 is 1.18 bits per heavy atom. The zero-order chi connectivity index (χ0) is 28.3. The summed E-state index contributed by atoms with van der Waals surface area (Å²) in [7, 11) is 0. The van der Waals surface area contributed by atoms with Gasteiger partial charge in [-0.15, -0.1) is 0 Å². The van der Waals surface area contributed by atoms with E-state index in [1.165, 1.54) is 23.1 Å². The number of hydrogen-bond donors (Lipinski definition) is 1. The van der Waals surface area contributed by atoms with E-state index in [9.17, 15) is 22.8 Å². The van der Waals surface area contributed by atoms with Gasteiger partial charge in [0.2, 0.25) is 5.91 Å². The van der Waals surface area contributed by atoms with Crippen LogP contribution >= 0.6 is 23.8 Å². The predicted octanol–water partition coefficient (Wildman–Crippen LogP) is 5.61. The average Bonchev–Trinajstić information content (AvgIpc) is 3.04. The van der Waals surface area contributed by atoms with Gasteiger partial charge in [0.15, 0.2) is 10.8 Å². The molecule has 0 spiro atoms. The molecule has 0 bridgehead atoms. The van der Waals surface area contributed by atoms with E-state index in [0.717, 1.165) is 17.2 Å². The molecule has 2 aromatic carbocycles. The molecule has 0 atom stereocenters. The molecular formula is C26H18ClF4N5O2S. The summed E-state index contributed by atoms with van der Waals surface area (Å²) < 4.78 is 55.5. The fourth-order valence-electron chi connectivity index (χ4n) is 3.97. The van der Waals surface area contributed by atoms with Crippen LogP contribution in [0.25, 0.3) is 0 Å². The summed E-state index contributed by atoms with van der Waals surface area (Å²) in [6.45, 7) is 0.236. The highest BCUT2D eigenvalue weighted by Crippen LogP contribution is 2.35. The number of nitrogens with one attached hydrogen (secondary N) is 1. The smallest absolute Gasteiger partial charge is 0.348 e. The molecule has 2 amide bonds. The topological polar surface area (TPSA) is 89.3 Å². The van der Waals surface area contributed by atoms with Crippen LogP contribution in [-0.2, 0) is 17.5 Å². The number of amides is 2. The number of hydrogen-bond acceptors (Lipinski definition) is 5. The van der Waals surface area contributed by atoms with Crippen molar-refractivity contribution in [2.45, 2.75) is 25.6 Å². The Hall–Kier alpha value is -4.08. The third kappa shape index (κ3) is 6.00. The molecular weight excluding hydrogens is 558 g/mol. The van der Waals surface area contributed by atoms with Gasteiger partial charge < -0.3 is 10.2 Å². The molecule has 39 heavy (non-hydrogen) atoms. The molecule has 200 valence electrons. The third-order valence-corrected chi connectivity index (χ3v) is 6.66. The Kier molecular flexibility index (Phi) is 8.13. The monoisotopic (exact) mass is 575 g/mol. The van der Waals surface area contributed by atoms with Crippen molar-refractivity contribution in [3.63, 3.8) is 0 Å². The Balaban J connectivity index is 1.60. The molecule has 1 aliphatic heterocycles. The second-order valence-electron chi connectivity index (χ2n) is 8.40. The molecule has 13 heteroatoms. The molecule has 0 radical (unpaired) electrons. The van der Waals surface area contributed by atoms with Gasteiger partial charge in [-0.1, -0.05) is 29.8 Å². The third-order valence-electron chi connectivity index (χ3n) is 5.89.